The summed E-state index contributed by atoms with van der Waals surface area (Å²) >= 11 is 0. The van der Waals surface area contributed by atoms with E-state index in [2.05, 4.69) is 10.3 Å². The van der Waals surface area contributed by atoms with Gasteiger partial charge in [0.15, 0.2) is 0 Å². The third-order valence-electron chi connectivity index (χ3n) is 1.63. The average Bonchev–Trinajstić information content (AvgIpc) is 2.56. The highest BCUT2D eigenvalue weighted by atomic mass is 19.3. The highest BCUT2D eigenvalue weighted by molar-refractivity contribution is 5.79. The average molecular weight is 203 g/mol. The van der Waals surface area contributed by atoms with Crippen molar-refractivity contribution < 1.29 is 13.6 Å². The maximum atomic E-state index is 11.8. The van der Waals surface area contributed by atoms with E-state index >= 15 is 0 Å². The SMILES string of the molecule is CC(Cn1ccnc1)NC(=O)C(F)F. The standard InChI is InChI=1S/C8H11F2N3O/c1-6(12-8(14)7(9)10)4-13-3-2-11-5-13/h2-3,5-7H,4H2,1H3,(H,12,14). The van der Waals surface area contributed by atoms with Crippen LogP contribution in [0.3, 0.4) is 0 Å². The first-order chi connectivity index (χ1) is 6.59. The molecule has 78 valence electrons. The van der Waals surface area contributed by atoms with Crippen LogP contribution in [0.1, 0.15) is 6.92 Å². The number of carbonyl (C=O) groups excluding carboxylic acids is 1. The van der Waals surface area contributed by atoms with Crippen molar-refractivity contribution in [2.45, 2.75) is 25.9 Å². The van der Waals surface area contributed by atoms with Crippen LogP contribution in [-0.2, 0) is 11.3 Å². The molecular formula is C8H11F2N3O. The number of nitrogens with zero attached hydrogens (tertiary/aromatic N) is 2. The molecule has 14 heavy (non-hydrogen) atoms. The summed E-state index contributed by atoms with van der Waals surface area (Å²) in [6.45, 7) is 2.08. The van der Waals surface area contributed by atoms with Crippen LogP contribution in [0.4, 0.5) is 8.78 Å². The number of hydrogen-bond acceptors (Lipinski definition) is 2. The van der Waals surface area contributed by atoms with Gasteiger partial charge in [-0.3, -0.25) is 4.79 Å². The maximum Gasteiger partial charge on any atom is 0.315 e. The van der Waals surface area contributed by atoms with Crippen LogP contribution in [0.5, 0.6) is 0 Å². The van der Waals surface area contributed by atoms with E-state index in [1.165, 1.54) is 0 Å². The minimum Gasteiger partial charge on any atom is -0.347 e. The number of carbonyl (C=O) groups is 1. The molecule has 4 nitrogen and oxygen atoms in total. The number of nitrogens with one attached hydrogen (secondary N) is 1. The summed E-state index contributed by atoms with van der Waals surface area (Å²) in [7, 11) is 0. The van der Waals surface area contributed by atoms with Gasteiger partial charge in [-0.05, 0) is 6.92 Å². The van der Waals surface area contributed by atoms with Gasteiger partial charge in [-0.2, -0.15) is 8.78 Å². The van der Waals surface area contributed by atoms with Crippen LogP contribution in [-0.4, -0.2) is 27.9 Å². The number of halogens is 2. The van der Waals surface area contributed by atoms with Crippen molar-refractivity contribution in [2.75, 3.05) is 0 Å². The lowest BCUT2D eigenvalue weighted by atomic mass is 10.3. The monoisotopic (exact) mass is 203 g/mol. The van der Waals surface area contributed by atoms with Crippen LogP contribution in [0.2, 0.25) is 0 Å². The first kappa shape index (κ1) is 10.6. The van der Waals surface area contributed by atoms with E-state index in [9.17, 15) is 13.6 Å². The third kappa shape index (κ3) is 3.12. The van der Waals surface area contributed by atoms with E-state index in [-0.39, 0.29) is 6.04 Å². The van der Waals surface area contributed by atoms with Crippen molar-refractivity contribution in [3.05, 3.63) is 18.7 Å². The Morgan fingerprint density at radius 2 is 2.36 bits per heavy atom. The lowest BCUT2D eigenvalue weighted by Crippen LogP contribution is -2.38. The zero-order chi connectivity index (χ0) is 10.6. The molecule has 0 saturated carbocycles. The minimum atomic E-state index is -2.96. The van der Waals surface area contributed by atoms with Gasteiger partial charge in [0.05, 0.1) is 6.33 Å². The number of aromatic nitrogens is 2. The molecule has 1 aromatic heterocycles. The summed E-state index contributed by atoms with van der Waals surface area (Å²) in [6, 6.07) is -0.342. The van der Waals surface area contributed by atoms with E-state index in [4.69, 9.17) is 0 Å². The molecule has 1 amide bonds. The van der Waals surface area contributed by atoms with Gasteiger partial charge in [-0.25, -0.2) is 4.98 Å². The fraction of sp³-hybridized carbons (Fsp3) is 0.500. The Bertz CT molecular complexity index is 287. The molecule has 0 aromatic carbocycles. The fourth-order valence-electron chi connectivity index (χ4n) is 1.06. The second kappa shape index (κ2) is 4.69. The summed E-state index contributed by atoms with van der Waals surface area (Å²) < 4.78 is 25.4. The molecule has 0 spiro atoms. The number of imidazole rings is 1. The Hall–Kier alpha value is -1.46. The van der Waals surface area contributed by atoms with Crippen molar-refractivity contribution in [3.63, 3.8) is 0 Å². The van der Waals surface area contributed by atoms with E-state index in [1.54, 1.807) is 30.2 Å². The highest BCUT2D eigenvalue weighted by Gasteiger charge is 2.17. The van der Waals surface area contributed by atoms with Crippen molar-refractivity contribution >= 4 is 5.91 Å². The number of hydrogen-bond donors (Lipinski definition) is 1. The largest absolute Gasteiger partial charge is 0.347 e. The van der Waals surface area contributed by atoms with Gasteiger partial charge >= 0.3 is 6.43 Å². The predicted octanol–water partition coefficient (Wildman–Crippen LogP) is 0.653. The summed E-state index contributed by atoms with van der Waals surface area (Å²) in [5.74, 6) is -1.24. The Labute approximate surface area is 79.9 Å². The Morgan fingerprint density at radius 3 is 2.86 bits per heavy atom. The van der Waals surface area contributed by atoms with Gasteiger partial charge in [0.1, 0.15) is 0 Å². The summed E-state index contributed by atoms with van der Waals surface area (Å²) in [6.07, 6.45) is 1.89. The Balaban J connectivity index is 2.36. The Morgan fingerprint density at radius 1 is 1.64 bits per heavy atom. The third-order valence-corrected chi connectivity index (χ3v) is 1.63. The maximum absolute atomic E-state index is 11.8. The van der Waals surface area contributed by atoms with Crippen LogP contribution < -0.4 is 5.32 Å². The minimum absolute atomic E-state index is 0.342. The second-order valence-corrected chi connectivity index (χ2v) is 2.97. The topological polar surface area (TPSA) is 46.9 Å². The molecule has 0 radical (unpaired) electrons. The van der Waals surface area contributed by atoms with Crippen molar-refractivity contribution in [1.82, 2.24) is 14.9 Å². The van der Waals surface area contributed by atoms with Crippen LogP contribution >= 0.6 is 0 Å². The molecule has 0 aliphatic rings. The first-order valence-corrected chi connectivity index (χ1v) is 4.14. The lowest BCUT2D eigenvalue weighted by molar-refractivity contribution is -0.132. The van der Waals surface area contributed by atoms with Crippen molar-refractivity contribution in [3.8, 4) is 0 Å². The van der Waals surface area contributed by atoms with Gasteiger partial charge in [0.25, 0.3) is 5.91 Å². The van der Waals surface area contributed by atoms with Crippen LogP contribution in [0.25, 0.3) is 0 Å². The van der Waals surface area contributed by atoms with E-state index in [0.29, 0.717) is 6.54 Å². The predicted molar refractivity (Wildman–Crippen MR) is 45.8 cm³/mol. The number of amides is 1. The summed E-state index contributed by atoms with van der Waals surface area (Å²) in [5.41, 5.74) is 0. The molecule has 1 atom stereocenters. The lowest BCUT2D eigenvalue weighted by Gasteiger charge is -2.13. The highest BCUT2D eigenvalue weighted by Crippen LogP contribution is 1.95. The van der Waals surface area contributed by atoms with E-state index < -0.39 is 12.3 Å². The molecule has 0 aliphatic heterocycles. The number of rotatable bonds is 4. The van der Waals surface area contributed by atoms with Gasteiger partial charge in [-0.15, -0.1) is 0 Å². The van der Waals surface area contributed by atoms with E-state index in [0.717, 1.165) is 0 Å². The summed E-state index contributed by atoms with van der Waals surface area (Å²) in [5, 5.41) is 2.18. The normalized spacial score (nSPS) is 12.9. The molecule has 1 rings (SSSR count). The van der Waals surface area contributed by atoms with Gasteiger partial charge in [0, 0.05) is 25.0 Å². The van der Waals surface area contributed by atoms with Gasteiger partial charge in [-0.1, -0.05) is 0 Å². The van der Waals surface area contributed by atoms with E-state index in [1.807, 2.05) is 0 Å². The molecular weight excluding hydrogens is 192 g/mol. The van der Waals surface area contributed by atoms with Crippen LogP contribution in [0.15, 0.2) is 18.7 Å². The zero-order valence-electron chi connectivity index (χ0n) is 7.65. The molecule has 1 aromatic rings. The van der Waals surface area contributed by atoms with Crippen LogP contribution in [0, 0.1) is 0 Å². The smallest absolute Gasteiger partial charge is 0.315 e. The first-order valence-electron chi connectivity index (χ1n) is 4.14. The molecule has 0 bridgehead atoms. The Kier molecular flexibility index (Phi) is 3.55. The summed E-state index contributed by atoms with van der Waals surface area (Å²) in [4.78, 5) is 14.4. The van der Waals surface area contributed by atoms with Gasteiger partial charge in [0.2, 0.25) is 0 Å². The van der Waals surface area contributed by atoms with Gasteiger partial charge < -0.3 is 9.88 Å². The molecule has 1 heterocycles. The molecule has 0 aliphatic carbocycles. The number of alkyl halides is 2. The van der Waals surface area contributed by atoms with Crippen molar-refractivity contribution in [1.29, 1.82) is 0 Å². The molecule has 1 N–H and O–H groups in total. The molecule has 0 saturated heterocycles. The molecule has 0 fully saturated rings. The molecule has 1 unspecified atom stereocenters. The quantitative estimate of drug-likeness (QED) is 0.781. The van der Waals surface area contributed by atoms with Crippen molar-refractivity contribution in [2.24, 2.45) is 0 Å². The second-order valence-electron chi connectivity index (χ2n) is 2.97. The molecule has 6 heteroatoms. The zero-order valence-corrected chi connectivity index (χ0v) is 7.65. The fourth-order valence-corrected chi connectivity index (χ4v) is 1.06.